The number of aryl methyl sites for hydroxylation is 1. The molecule has 1 aromatic rings. The van der Waals surface area contributed by atoms with Crippen LogP contribution in [0.3, 0.4) is 0 Å². The normalized spacial score (nSPS) is 11.5. The van der Waals surface area contributed by atoms with Gasteiger partial charge in [-0.25, -0.2) is 0 Å². The molecule has 1 rings (SSSR count). The quantitative estimate of drug-likeness (QED) is 0.771. The van der Waals surface area contributed by atoms with Crippen LogP contribution in [0.4, 0.5) is 13.2 Å². The monoisotopic (exact) mass is 217 g/mol. The summed E-state index contributed by atoms with van der Waals surface area (Å²) in [7, 11) is 0. The Balaban J connectivity index is 3.43. The summed E-state index contributed by atoms with van der Waals surface area (Å²) in [5.41, 5.74) is 4.94. The third-order valence-corrected chi connectivity index (χ3v) is 2.26. The van der Waals surface area contributed by atoms with E-state index < -0.39 is 17.6 Å². The zero-order valence-corrected chi connectivity index (χ0v) is 8.27. The van der Waals surface area contributed by atoms with Crippen molar-refractivity contribution in [3.63, 3.8) is 0 Å². The second-order valence-corrected chi connectivity index (χ2v) is 3.33. The van der Waals surface area contributed by atoms with Crippen LogP contribution in [-0.4, -0.2) is 5.91 Å². The Bertz CT molecular complexity index is 410. The lowest BCUT2D eigenvalue weighted by Crippen LogP contribution is -2.16. The van der Waals surface area contributed by atoms with Gasteiger partial charge in [-0.05, 0) is 37.1 Å². The van der Waals surface area contributed by atoms with Gasteiger partial charge in [0.1, 0.15) is 0 Å². The van der Waals surface area contributed by atoms with E-state index in [1.54, 1.807) is 6.92 Å². The van der Waals surface area contributed by atoms with Gasteiger partial charge in [0, 0.05) is 5.56 Å². The number of primary amides is 1. The van der Waals surface area contributed by atoms with Crippen LogP contribution in [-0.2, 0) is 6.18 Å². The Labute approximate surface area is 84.9 Å². The lowest BCUT2D eigenvalue weighted by Gasteiger charge is -2.12. The molecule has 0 aromatic heterocycles. The van der Waals surface area contributed by atoms with E-state index in [9.17, 15) is 18.0 Å². The Morgan fingerprint density at radius 1 is 1.27 bits per heavy atom. The van der Waals surface area contributed by atoms with Crippen LogP contribution in [0.1, 0.15) is 27.0 Å². The number of carbonyl (C=O) groups excluding carboxylic acids is 1. The summed E-state index contributed by atoms with van der Waals surface area (Å²) in [5, 5.41) is 0. The van der Waals surface area contributed by atoms with Crippen molar-refractivity contribution in [2.75, 3.05) is 0 Å². The standard InChI is InChI=1S/C10H10F3NO/c1-5-3-7(10(11,12)13)4-8(6(5)2)9(14)15/h3-4H,1-2H3,(H2,14,15). The van der Waals surface area contributed by atoms with Crippen molar-refractivity contribution in [1.82, 2.24) is 0 Å². The first-order chi connectivity index (χ1) is 6.73. The second kappa shape index (κ2) is 3.56. The molecular formula is C10H10F3NO. The Hall–Kier alpha value is -1.52. The molecule has 0 radical (unpaired) electrons. The third-order valence-electron chi connectivity index (χ3n) is 2.26. The number of rotatable bonds is 1. The average Bonchev–Trinajstić information content (AvgIpc) is 2.06. The molecule has 0 aliphatic carbocycles. The molecule has 0 aliphatic rings. The fraction of sp³-hybridized carbons (Fsp3) is 0.300. The molecule has 0 spiro atoms. The molecule has 0 aliphatic heterocycles. The predicted molar refractivity (Wildman–Crippen MR) is 49.4 cm³/mol. The SMILES string of the molecule is Cc1cc(C(F)(F)F)cc(C(N)=O)c1C. The van der Waals surface area contributed by atoms with E-state index in [0.717, 1.165) is 12.1 Å². The number of nitrogens with two attached hydrogens (primary N) is 1. The molecule has 2 nitrogen and oxygen atoms in total. The Morgan fingerprint density at radius 3 is 2.20 bits per heavy atom. The lowest BCUT2D eigenvalue weighted by atomic mass is 9.99. The molecular weight excluding hydrogens is 207 g/mol. The van der Waals surface area contributed by atoms with Crippen LogP contribution >= 0.6 is 0 Å². The zero-order valence-electron chi connectivity index (χ0n) is 8.27. The van der Waals surface area contributed by atoms with Crippen molar-refractivity contribution in [2.45, 2.75) is 20.0 Å². The first kappa shape index (κ1) is 11.6. The van der Waals surface area contributed by atoms with Gasteiger partial charge in [0.2, 0.25) is 5.91 Å². The summed E-state index contributed by atoms with van der Waals surface area (Å²) < 4.78 is 37.2. The van der Waals surface area contributed by atoms with Gasteiger partial charge in [0.25, 0.3) is 0 Å². The van der Waals surface area contributed by atoms with E-state index in [1.807, 2.05) is 0 Å². The smallest absolute Gasteiger partial charge is 0.366 e. The van der Waals surface area contributed by atoms with Crippen molar-refractivity contribution in [3.8, 4) is 0 Å². The summed E-state index contributed by atoms with van der Waals surface area (Å²) in [6.07, 6.45) is -4.46. The van der Waals surface area contributed by atoms with Gasteiger partial charge < -0.3 is 5.73 Å². The highest BCUT2D eigenvalue weighted by atomic mass is 19.4. The molecule has 1 aromatic carbocycles. The Morgan fingerprint density at radius 2 is 1.80 bits per heavy atom. The minimum atomic E-state index is -4.46. The molecule has 0 saturated heterocycles. The first-order valence-corrected chi connectivity index (χ1v) is 4.21. The first-order valence-electron chi connectivity index (χ1n) is 4.21. The molecule has 0 fully saturated rings. The van der Waals surface area contributed by atoms with Gasteiger partial charge in [0.15, 0.2) is 0 Å². The topological polar surface area (TPSA) is 43.1 Å². The molecule has 5 heteroatoms. The predicted octanol–water partition coefficient (Wildman–Crippen LogP) is 2.42. The number of hydrogen-bond acceptors (Lipinski definition) is 1. The highest BCUT2D eigenvalue weighted by molar-refractivity contribution is 5.94. The van der Waals surface area contributed by atoms with Crippen molar-refractivity contribution in [1.29, 1.82) is 0 Å². The Kier molecular flexibility index (Phi) is 2.75. The fourth-order valence-corrected chi connectivity index (χ4v) is 1.28. The van der Waals surface area contributed by atoms with E-state index in [4.69, 9.17) is 5.73 Å². The van der Waals surface area contributed by atoms with Crippen LogP contribution in [0.25, 0.3) is 0 Å². The molecule has 0 atom stereocenters. The van der Waals surface area contributed by atoms with Crippen LogP contribution in [0.2, 0.25) is 0 Å². The highest BCUT2D eigenvalue weighted by Crippen LogP contribution is 2.31. The van der Waals surface area contributed by atoms with Gasteiger partial charge in [-0.3, -0.25) is 4.79 Å². The van der Waals surface area contributed by atoms with Gasteiger partial charge in [0.05, 0.1) is 5.56 Å². The second-order valence-electron chi connectivity index (χ2n) is 3.33. The van der Waals surface area contributed by atoms with E-state index in [2.05, 4.69) is 0 Å². The van der Waals surface area contributed by atoms with E-state index in [1.165, 1.54) is 6.92 Å². The minimum absolute atomic E-state index is 0.0812. The minimum Gasteiger partial charge on any atom is -0.366 e. The molecule has 0 unspecified atom stereocenters. The molecule has 0 saturated carbocycles. The number of carbonyl (C=O) groups is 1. The number of alkyl halides is 3. The number of halogens is 3. The maximum absolute atomic E-state index is 12.4. The summed E-state index contributed by atoms with van der Waals surface area (Å²) in [5.74, 6) is -0.846. The van der Waals surface area contributed by atoms with Crippen molar-refractivity contribution in [2.24, 2.45) is 5.73 Å². The summed E-state index contributed by atoms with van der Waals surface area (Å²) in [6, 6.07) is 1.78. The summed E-state index contributed by atoms with van der Waals surface area (Å²) in [4.78, 5) is 10.9. The van der Waals surface area contributed by atoms with Crippen LogP contribution < -0.4 is 5.73 Å². The summed E-state index contributed by atoms with van der Waals surface area (Å²) >= 11 is 0. The number of amides is 1. The largest absolute Gasteiger partial charge is 0.416 e. The van der Waals surface area contributed by atoms with Gasteiger partial charge in [-0.15, -0.1) is 0 Å². The number of benzene rings is 1. The van der Waals surface area contributed by atoms with E-state index >= 15 is 0 Å². The maximum Gasteiger partial charge on any atom is 0.416 e. The number of hydrogen-bond donors (Lipinski definition) is 1. The lowest BCUT2D eigenvalue weighted by molar-refractivity contribution is -0.137. The average molecular weight is 217 g/mol. The molecule has 2 N–H and O–H groups in total. The fourth-order valence-electron chi connectivity index (χ4n) is 1.28. The summed E-state index contributed by atoms with van der Waals surface area (Å²) in [6.45, 7) is 3.08. The third kappa shape index (κ3) is 2.29. The van der Waals surface area contributed by atoms with Gasteiger partial charge in [-0.2, -0.15) is 13.2 Å². The molecule has 1 amide bonds. The maximum atomic E-state index is 12.4. The van der Waals surface area contributed by atoms with Gasteiger partial charge in [-0.1, -0.05) is 0 Å². The van der Waals surface area contributed by atoms with E-state index in [-0.39, 0.29) is 5.56 Å². The van der Waals surface area contributed by atoms with Crippen LogP contribution in [0.15, 0.2) is 12.1 Å². The highest BCUT2D eigenvalue weighted by Gasteiger charge is 2.31. The molecule has 82 valence electrons. The zero-order chi connectivity index (χ0) is 11.8. The molecule has 0 bridgehead atoms. The van der Waals surface area contributed by atoms with Crippen LogP contribution in [0, 0.1) is 13.8 Å². The van der Waals surface area contributed by atoms with Crippen LogP contribution in [0.5, 0.6) is 0 Å². The van der Waals surface area contributed by atoms with Crippen molar-refractivity contribution >= 4 is 5.91 Å². The molecule has 0 heterocycles. The van der Waals surface area contributed by atoms with Crippen molar-refractivity contribution in [3.05, 3.63) is 34.4 Å². The molecule has 15 heavy (non-hydrogen) atoms. The van der Waals surface area contributed by atoms with E-state index in [0.29, 0.717) is 11.1 Å². The van der Waals surface area contributed by atoms with Gasteiger partial charge >= 0.3 is 6.18 Å². The van der Waals surface area contributed by atoms with Crippen molar-refractivity contribution < 1.29 is 18.0 Å².